The van der Waals surface area contributed by atoms with Gasteiger partial charge in [-0.3, -0.25) is 0 Å². The van der Waals surface area contributed by atoms with Gasteiger partial charge in [-0.15, -0.1) is 0 Å². The summed E-state index contributed by atoms with van der Waals surface area (Å²) in [7, 11) is 1.70. The van der Waals surface area contributed by atoms with E-state index in [4.69, 9.17) is 4.74 Å². The van der Waals surface area contributed by atoms with Gasteiger partial charge < -0.3 is 4.74 Å². The number of ether oxygens (including phenoxy) is 1. The topological polar surface area (TPSA) is 9.23 Å². The zero-order valence-electron chi connectivity index (χ0n) is 14.5. The molecular formula is C24H20O. The maximum absolute atomic E-state index is 5.55. The van der Waals surface area contributed by atoms with Gasteiger partial charge in [0, 0.05) is 11.1 Å². The Labute approximate surface area is 149 Å². The Kier molecular flexibility index (Phi) is 5.34. The minimum absolute atomic E-state index is 0.843. The van der Waals surface area contributed by atoms with Gasteiger partial charge in [0.15, 0.2) is 0 Å². The highest BCUT2D eigenvalue weighted by Gasteiger charge is 2.07. The molecular weight excluding hydrogens is 304 g/mol. The second kappa shape index (κ2) is 8.04. The first kappa shape index (κ1) is 16.6. The molecule has 0 heterocycles. The summed E-state index contributed by atoms with van der Waals surface area (Å²) in [6, 6.07) is 24.6. The molecule has 1 nitrogen and oxygen atoms in total. The number of hydrogen-bond acceptors (Lipinski definition) is 1. The Bertz CT molecular complexity index is 923. The Morgan fingerprint density at radius 2 is 1.60 bits per heavy atom. The third-order valence-electron chi connectivity index (χ3n) is 3.97. The maximum Gasteiger partial charge on any atom is 0.126 e. The van der Waals surface area contributed by atoms with E-state index in [9.17, 15) is 0 Å². The molecule has 3 aromatic rings. The number of benzene rings is 3. The first-order valence-electron chi connectivity index (χ1n) is 8.25. The van der Waals surface area contributed by atoms with E-state index in [1.807, 2.05) is 54.6 Å². The SMILES string of the molecule is COc1cccc(-c2ccc(C)cc2)c1C=CC#Cc1ccccc1. The van der Waals surface area contributed by atoms with Gasteiger partial charge in [0.2, 0.25) is 0 Å². The van der Waals surface area contributed by atoms with Crippen molar-refractivity contribution in [3.05, 3.63) is 95.6 Å². The second-order valence-electron chi connectivity index (χ2n) is 5.76. The van der Waals surface area contributed by atoms with Crippen LogP contribution in [0.5, 0.6) is 5.75 Å². The molecule has 0 saturated heterocycles. The summed E-state index contributed by atoms with van der Waals surface area (Å²) < 4.78 is 5.55. The lowest BCUT2D eigenvalue weighted by molar-refractivity contribution is 0.414. The molecule has 0 bridgehead atoms. The predicted molar refractivity (Wildman–Crippen MR) is 106 cm³/mol. The van der Waals surface area contributed by atoms with Crippen LogP contribution in [-0.4, -0.2) is 7.11 Å². The predicted octanol–water partition coefficient (Wildman–Crippen LogP) is 5.74. The monoisotopic (exact) mass is 324 g/mol. The van der Waals surface area contributed by atoms with Crippen molar-refractivity contribution in [3.63, 3.8) is 0 Å². The molecule has 1 heteroatoms. The number of rotatable bonds is 3. The molecule has 0 N–H and O–H groups in total. The molecule has 0 amide bonds. The van der Waals surface area contributed by atoms with Crippen molar-refractivity contribution >= 4 is 6.08 Å². The summed E-state index contributed by atoms with van der Waals surface area (Å²) in [6.07, 6.45) is 3.90. The molecule has 0 spiro atoms. The van der Waals surface area contributed by atoms with Crippen LogP contribution < -0.4 is 4.74 Å². The van der Waals surface area contributed by atoms with E-state index in [1.54, 1.807) is 7.11 Å². The Morgan fingerprint density at radius 1 is 0.840 bits per heavy atom. The molecule has 3 aromatic carbocycles. The summed E-state index contributed by atoms with van der Waals surface area (Å²) >= 11 is 0. The van der Waals surface area contributed by atoms with Crippen LogP contribution in [0.15, 0.2) is 78.9 Å². The minimum atomic E-state index is 0.843. The molecule has 3 rings (SSSR count). The Balaban J connectivity index is 1.96. The average Bonchev–Trinajstić information content (AvgIpc) is 2.66. The number of hydrogen-bond donors (Lipinski definition) is 0. The first-order chi connectivity index (χ1) is 12.3. The van der Waals surface area contributed by atoms with Crippen molar-refractivity contribution in [2.24, 2.45) is 0 Å². The fraction of sp³-hybridized carbons (Fsp3) is 0.0833. The van der Waals surface area contributed by atoms with Gasteiger partial charge in [0.25, 0.3) is 0 Å². The van der Waals surface area contributed by atoms with Crippen LogP contribution in [0, 0.1) is 18.8 Å². The normalized spacial score (nSPS) is 10.3. The van der Waals surface area contributed by atoms with E-state index >= 15 is 0 Å². The van der Waals surface area contributed by atoms with E-state index in [0.717, 1.165) is 22.4 Å². The summed E-state index contributed by atoms with van der Waals surface area (Å²) in [4.78, 5) is 0. The van der Waals surface area contributed by atoms with Gasteiger partial charge in [-0.2, -0.15) is 0 Å². The highest BCUT2D eigenvalue weighted by Crippen LogP contribution is 2.32. The van der Waals surface area contributed by atoms with Crippen molar-refractivity contribution in [1.82, 2.24) is 0 Å². The highest BCUT2D eigenvalue weighted by molar-refractivity contribution is 5.79. The zero-order chi connectivity index (χ0) is 17.5. The van der Waals surface area contributed by atoms with Crippen LogP contribution in [-0.2, 0) is 0 Å². The molecule has 0 unspecified atom stereocenters. The largest absolute Gasteiger partial charge is 0.496 e. The Hall–Kier alpha value is -3.24. The quantitative estimate of drug-likeness (QED) is 0.559. The van der Waals surface area contributed by atoms with Gasteiger partial charge >= 0.3 is 0 Å². The van der Waals surface area contributed by atoms with Gasteiger partial charge in [0.05, 0.1) is 7.11 Å². The molecule has 0 radical (unpaired) electrons. The molecule has 25 heavy (non-hydrogen) atoms. The summed E-state index contributed by atoms with van der Waals surface area (Å²) in [6.45, 7) is 2.09. The van der Waals surface area contributed by atoms with Crippen molar-refractivity contribution < 1.29 is 4.74 Å². The zero-order valence-corrected chi connectivity index (χ0v) is 14.5. The number of methoxy groups -OCH3 is 1. The third kappa shape index (κ3) is 4.19. The molecule has 0 aromatic heterocycles. The van der Waals surface area contributed by atoms with Crippen molar-refractivity contribution in [1.29, 1.82) is 0 Å². The van der Waals surface area contributed by atoms with E-state index in [0.29, 0.717) is 0 Å². The van der Waals surface area contributed by atoms with Crippen LogP contribution in [0.3, 0.4) is 0 Å². The van der Waals surface area contributed by atoms with Crippen LogP contribution in [0.25, 0.3) is 17.2 Å². The van der Waals surface area contributed by atoms with E-state index < -0.39 is 0 Å². The highest BCUT2D eigenvalue weighted by atomic mass is 16.5. The van der Waals surface area contributed by atoms with Gasteiger partial charge in [-0.25, -0.2) is 0 Å². The third-order valence-corrected chi connectivity index (χ3v) is 3.97. The lowest BCUT2D eigenvalue weighted by Crippen LogP contribution is -1.90. The fourth-order valence-electron chi connectivity index (χ4n) is 2.65. The summed E-state index contributed by atoms with van der Waals surface area (Å²) in [5, 5.41) is 0. The second-order valence-corrected chi connectivity index (χ2v) is 5.76. The van der Waals surface area contributed by atoms with Crippen molar-refractivity contribution in [2.45, 2.75) is 6.92 Å². The molecule has 0 aliphatic carbocycles. The molecule has 0 atom stereocenters. The minimum Gasteiger partial charge on any atom is -0.496 e. The Morgan fingerprint density at radius 3 is 2.32 bits per heavy atom. The van der Waals surface area contributed by atoms with Crippen LogP contribution in [0.1, 0.15) is 16.7 Å². The lowest BCUT2D eigenvalue weighted by atomic mass is 9.97. The van der Waals surface area contributed by atoms with Gasteiger partial charge in [-0.05, 0) is 48.4 Å². The average molecular weight is 324 g/mol. The summed E-state index contributed by atoms with van der Waals surface area (Å²) in [5.41, 5.74) is 5.59. The molecule has 0 aliphatic heterocycles. The summed E-state index contributed by atoms with van der Waals surface area (Å²) in [5.74, 6) is 7.09. The van der Waals surface area contributed by atoms with Crippen LogP contribution in [0.2, 0.25) is 0 Å². The number of allylic oxidation sites excluding steroid dienone is 1. The van der Waals surface area contributed by atoms with E-state index in [2.05, 4.69) is 49.1 Å². The van der Waals surface area contributed by atoms with Crippen LogP contribution in [0.4, 0.5) is 0 Å². The molecule has 0 fully saturated rings. The molecule has 122 valence electrons. The van der Waals surface area contributed by atoms with Crippen LogP contribution >= 0.6 is 0 Å². The first-order valence-corrected chi connectivity index (χ1v) is 8.25. The van der Waals surface area contributed by atoms with Crippen molar-refractivity contribution in [2.75, 3.05) is 7.11 Å². The van der Waals surface area contributed by atoms with E-state index in [-0.39, 0.29) is 0 Å². The molecule has 0 saturated carbocycles. The van der Waals surface area contributed by atoms with Gasteiger partial charge in [0.1, 0.15) is 5.75 Å². The standard InChI is InChI=1S/C24H20O/c1-19-15-17-21(18-16-19)22-13-8-14-24(25-2)23(22)12-7-6-11-20-9-4-3-5-10-20/h3-5,7-10,12-18H,1-2H3. The maximum atomic E-state index is 5.55. The lowest BCUT2D eigenvalue weighted by Gasteiger charge is -2.11. The smallest absolute Gasteiger partial charge is 0.126 e. The number of aryl methyl sites for hydroxylation is 1. The van der Waals surface area contributed by atoms with Gasteiger partial charge in [-0.1, -0.05) is 72.0 Å². The van der Waals surface area contributed by atoms with Crippen molar-refractivity contribution in [3.8, 4) is 28.7 Å². The fourth-order valence-corrected chi connectivity index (χ4v) is 2.65. The molecule has 0 aliphatic rings. The van der Waals surface area contributed by atoms with E-state index in [1.165, 1.54) is 11.1 Å².